The van der Waals surface area contributed by atoms with E-state index in [1.807, 2.05) is 6.07 Å². The number of hydrogen-bond acceptors (Lipinski definition) is 4. The molecule has 0 amide bonds. The second-order valence-electron chi connectivity index (χ2n) is 5.94. The van der Waals surface area contributed by atoms with Gasteiger partial charge < -0.3 is 10.1 Å². The Morgan fingerprint density at radius 2 is 2.00 bits per heavy atom. The highest BCUT2D eigenvalue weighted by molar-refractivity contribution is 7.89. The molecular weight excluding hydrogens is 288 g/mol. The molecule has 3 rings (SSSR count). The largest absolute Gasteiger partial charge is 0.495 e. The first-order valence-corrected chi connectivity index (χ1v) is 8.97. The number of benzene rings is 1. The Hall–Kier alpha value is -1.11. The van der Waals surface area contributed by atoms with Gasteiger partial charge in [0, 0.05) is 19.1 Å². The first-order chi connectivity index (χ1) is 10.1. The maximum absolute atomic E-state index is 12.3. The van der Waals surface area contributed by atoms with Crippen LogP contribution in [0.15, 0.2) is 23.1 Å². The van der Waals surface area contributed by atoms with Gasteiger partial charge in [-0.05, 0) is 49.3 Å². The topological polar surface area (TPSA) is 67.4 Å². The zero-order valence-electron chi connectivity index (χ0n) is 12.3. The Bertz CT molecular complexity index is 607. The highest BCUT2D eigenvalue weighted by Crippen LogP contribution is 2.30. The summed E-state index contributed by atoms with van der Waals surface area (Å²) >= 11 is 0. The monoisotopic (exact) mass is 310 g/mol. The maximum Gasteiger partial charge on any atom is 0.244 e. The summed E-state index contributed by atoms with van der Waals surface area (Å²) in [4.78, 5) is 0.223. The summed E-state index contributed by atoms with van der Waals surface area (Å²) in [5, 5.41) is 3.41. The van der Waals surface area contributed by atoms with Crippen LogP contribution in [0.2, 0.25) is 0 Å². The van der Waals surface area contributed by atoms with Crippen molar-refractivity contribution >= 4 is 10.0 Å². The van der Waals surface area contributed by atoms with Crippen LogP contribution in [-0.2, 0) is 16.6 Å². The van der Waals surface area contributed by atoms with Gasteiger partial charge >= 0.3 is 0 Å². The molecule has 1 aromatic carbocycles. The fourth-order valence-electron chi connectivity index (χ4n) is 2.22. The standard InChI is InChI=1S/C15H22N2O3S/c1-20-14-8-12(9-16-13-5-6-13)4-7-15(14)21(18,19)17-10-11-2-3-11/h4,7-8,11,13,16-17H,2-3,5-6,9-10H2,1H3. The van der Waals surface area contributed by atoms with E-state index < -0.39 is 10.0 Å². The number of ether oxygens (including phenoxy) is 1. The first-order valence-electron chi connectivity index (χ1n) is 7.48. The number of sulfonamides is 1. The molecule has 6 heteroatoms. The summed E-state index contributed by atoms with van der Waals surface area (Å²) in [7, 11) is -1.98. The van der Waals surface area contributed by atoms with E-state index in [4.69, 9.17) is 4.74 Å². The van der Waals surface area contributed by atoms with Crippen molar-refractivity contribution in [2.75, 3.05) is 13.7 Å². The molecule has 0 radical (unpaired) electrons. The number of rotatable bonds is 8. The summed E-state index contributed by atoms with van der Waals surface area (Å²) in [5.41, 5.74) is 1.04. The molecule has 2 N–H and O–H groups in total. The first kappa shape index (κ1) is 14.8. The van der Waals surface area contributed by atoms with Gasteiger partial charge in [-0.3, -0.25) is 0 Å². The summed E-state index contributed by atoms with van der Waals surface area (Å²) in [6, 6.07) is 5.92. The molecule has 0 aliphatic heterocycles. The maximum atomic E-state index is 12.3. The summed E-state index contributed by atoms with van der Waals surface area (Å²) in [5.74, 6) is 0.918. The normalized spacial score (nSPS) is 18.7. The van der Waals surface area contributed by atoms with Crippen LogP contribution in [0.1, 0.15) is 31.2 Å². The average molecular weight is 310 g/mol. The van der Waals surface area contributed by atoms with Crippen molar-refractivity contribution < 1.29 is 13.2 Å². The van der Waals surface area contributed by atoms with Crippen LogP contribution >= 0.6 is 0 Å². The minimum absolute atomic E-state index is 0.223. The van der Waals surface area contributed by atoms with Crippen molar-refractivity contribution in [3.8, 4) is 5.75 Å². The molecule has 0 saturated heterocycles. The summed E-state index contributed by atoms with van der Waals surface area (Å²) < 4.78 is 32.6. The zero-order valence-corrected chi connectivity index (χ0v) is 13.1. The molecular formula is C15H22N2O3S. The van der Waals surface area contributed by atoms with Gasteiger partial charge in [0.1, 0.15) is 10.6 Å². The van der Waals surface area contributed by atoms with Crippen molar-refractivity contribution in [1.82, 2.24) is 10.0 Å². The van der Waals surface area contributed by atoms with Crippen molar-refractivity contribution in [3.63, 3.8) is 0 Å². The molecule has 2 saturated carbocycles. The van der Waals surface area contributed by atoms with Crippen LogP contribution in [0.5, 0.6) is 5.75 Å². The quantitative estimate of drug-likeness (QED) is 0.766. The smallest absolute Gasteiger partial charge is 0.244 e. The van der Waals surface area contributed by atoms with Gasteiger partial charge in [-0.25, -0.2) is 13.1 Å². The van der Waals surface area contributed by atoms with Crippen molar-refractivity contribution in [1.29, 1.82) is 0 Å². The van der Waals surface area contributed by atoms with Gasteiger partial charge in [0.25, 0.3) is 0 Å². The highest BCUT2D eigenvalue weighted by Gasteiger charge is 2.26. The van der Waals surface area contributed by atoms with Gasteiger partial charge in [0.2, 0.25) is 10.0 Å². The highest BCUT2D eigenvalue weighted by atomic mass is 32.2. The lowest BCUT2D eigenvalue weighted by Crippen LogP contribution is -2.26. The predicted octanol–water partition coefficient (Wildman–Crippen LogP) is 1.64. The Balaban J connectivity index is 1.72. The molecule has 21 heavy (non-hydrogen) atoms. The fraction of sp³-hybridized carbons (Fsp3) is 0.600. The Morgan fingerprint density at radius 3 is 2.62 bits per heavy atom. The molecule has 5 nitrogen and oxygen atoms in total. The zero-order chi connectivity index (χ0) is 14.9. The Labute approximate surface area is 126 Å². The average Bonchev–Trinajstić information content (AvgIpc) is 3.37. The lowest BCUT2D eigenvalue weighted by Gasteiger charge is -2.12. The van der Waals surface area contributed by atoms with Crippen LogP contribution in [0.4, 0.5) is 0 Å². The Kier molecular flexibility index (Phi) is 4.19. The van der Waals surface area contributed by atoms with Crippen LogP contribution < -0.4 is 14.8 Å². The molecule has 0 heterocycles. The molecule has 0 bridgehead atoms. The predicted molar refractivity (Wildman–Crippen MR) is 80.8 cm³/mol. The number of hydrogen-bond donors (Lipinski definition) is 2. The molecule has 2 aliphatic rings. The van der Waals surface area contributed by atoms with Gasteiger partial charge in [-0.15, -0.1) is 0 Å². The minimum Gasteiger partial charge on any atom is -0.495 e. The third-order valence-corrected chi connectivity index (χ3v) is 5.41. The summed E-state index contributed by atoms with van der Waals surface area (Å²) in [6.07, 6.45) is 4.69. The van der Waals surface area contributed by atoms with E-state index in [-0.39, 0.29) is 4.90 Å². The minimum atomic E-state index is -3.49. The van der Waals surface area contributed by atoms with Gasteiger partial charge in [-0.2, -0.15) is 0 Å². The Morgan fingerprint density at radius 1 is 1.24 bits per heavy atom. The molecule has 2 aliphatic carbocycles. The lowest BCUT2D eigenvalue weighted by molar-refractivity contribution is 0.401. The van der Waals surface area contributed by atoms with E-state index in [0.717, 1.165) is 24.9 Å². The molecule has 0 atom stereocenters. The van der Waals surface area contributed by atoms with Crippen LogP contribution in [0.3, 0.4) is 0 Å². The third kappa shape index (κ3) is 3.96. The molecule has 2 fully saturated rings. The second-order valence-corrected chi connectivity index (χ2v) is 7.67. The number of methoxy groups -OCH3 is 1. The van der Waals surface area contributed by atoms with E-state index in [0.29, 0.717) is 24.3 Å². The van der Waals surface area contributed by atoms with Crippen molar-refractivity contribution in [2.24, 2.45) is 5.92 Å². The van der Waals surface area contributed by atoms with Gasteiger partial charge in [-0.1, -0.05) is 6.07 Å². The van der Waals surface area contributed by atoms with Crippen LogP contribution in [0.25, 0.3) is 0 Å². The summed E-state index contributed by atoms with van der Waals surface area (Å²) in [6.45, 7) is 1.27. The van der Waals surface area contributed by atoms with Crippen molar-refractivity contribution in [3.05, 3.63) is 23.8 Å². The molecule has 0 spiro atoms. The molecule has 0 aromatic heterocycles. The van der Waals surface area contributed by atoms with Gasteiger partial charge in [0.05, 0.1) is 7.11 Å². The molecule has 116 valence electrons. The second kappa shape index (κ2) is 5.94. The van der Waals surface area contributed by atoms with E-state index in [1.54, 1.807) is 12.1 Å². The lowest BCUT2D eigenvalue weighted by atomic mass is 10.2. The SMILES string of the molecule is COc1cc(CNC2CC2)ccc1S(=O)(=O)NCC1CC1. The van der Waals surface area contributed by atoms with E-state index in [2.05, 4.69) is 10.0 Å². The third-order valence-electron chi connectivity index (χ3n) is 3.95. The van der Waals surface area contributed by atoms with E-state index in [1.165, 1.54) is 20.0 Å². The molecule has 1 aromatic rings. The van der Waals surface area contributed by atoms with E-state index >= 15 is 0 Å². The fourth-order valence-corrected chi connectivity index (χ4v) is 3.49. The number of nitrogens with one attached hydrogen (secondary N) is 2. The van der Waals surface area contributed by atoms with Crippen LogP contribution in [0, 0.1) is 5.92 Å². The van der Waals surface area contributed by atoms with E-state index in [9.17, 15) is 8.42 Å². The van der Waals surface area contributed by atoms with Gasteiger partial charge in [0.15, 0.2) is 0 Å². The molecule has 0 unspecified atom stereocenters. The van der Waals surface area contributed by atoms with Crippen LogP contribution in [-0.4, -0.2) is 28.1 Å². The van der Waals surface area contributed by atoms with Crippen molar-refractivity contribution in [2.45, 2.75) is 43.2 Å².